The smallest absolute Gasteiger partial charge is 0.147 e. The van der Waals surface area contributed by atoms with Crippen LogP contribution in [0.3, 0.4) is 0 Å². The largest absolute Gasteiger partial charge is 0.378 e. The van der Waals surface area contributed by atoms with Crippen molar-refractivity contribution in [3.05, 3.63) is 47.3 Å². The second-order valence-corrected chi connectivity index (χ2v) is 6.89. The second kappa shape index (κ2) is 6.82. The van der Waals surface area contributed by atoms with Gasteiger partial charge in [0.15, 0.2) is 0 Å². The minimum Gasteiger partial charge on any atom is -0.378 e. The molecule has 1 saturated heterocycles. The van der Waals surface area contributed by atoms with Gasteiger partial charge in [0, 0.05) is 46.2 Å². The van der Waals surface area contributed by atoms with E-state index in [0.717, 1.165) is 56.4 Å². The molecule has 0 radical (unpaired) electrons. The normalized spacial score (nSPS) is 23.8. The molecule has 1 unspecified atom stereocenters. The van der Waals surface area contributed by atoms with Crippen LogP contribution in [0.2, 0.25) is 0 Å². The summed E-state index contributed by atoms with van der Waals surface area (Å²) in [5, 5.41) is 8.69. The van der Waals surface area contributed by atoms with Gasteiger partial charge in [-0.15, -0.1) is 10.2 Å². The summed E-state index contributed by atoms with van der Waals surface area (Å²) in [6, 6.07) is 6.66. The molecule has 0 bridgehead atoms. The summed E-state index contributed by atoms with van der Waals surface area (Å²) >= 11 is 0. The third-order valence-corrected chi connectivity index (χ3v) is 5.17. The molecule has 3 heterocycles. The molecule has 1 aromatic heterocycles. The fourth-order valence-corrected chi connectivity index (χ4v) is 3.71. The maximum atomic E-state index is 13.4. The molecule has 2 aliphatic rings. The van der Waals surface area contributed by atoms with Crippen molar-refractivity contribution >= 4 is 0 Å². The Morgan fingerprint density at radius 3 is 3.00 bits per heavy atom. The van der Waals surface area contributed by atoms with E-state index in [2.05, 4.69) is 19.7 Å². The molecule has 0 spiro atoms. The average molecular weight is 346 g/mol. The summed E-state index contributed by atoms with van der Waals surface area (Å²) in [6.07, 6.45) is 1.53. The van der Waals surface area contributed by atoms with Crippen molar-refractivity contribution in [3.8, 4) is 0 Å². The van der Waals surface area contributed by atoms with Gasteiger partial charge in [-0.05, 0) is 17.7 Å². The highest BCUT2D eigenvalue weighted by Gasteiger charge is 2.37. The van der Waals surface area contributed by atoms with Crippen molar-refractivity contribution in [2.45, 2.75) is 31.5 Å². The molecule has 7 heteroatoms. The van der Waals surface area contributed by atoms with Crippen LogP contribution in [-0.2, 0) is 29.0 Å². The number of hydrogen-bond acceptors (Lipinski definition) is 5. The molecule has 0 saturated carbocycles. The number of ether oxygens (including phenoxy) is 2. The molecule has 1 fully saturated rings. The van der Waals surface area contributed by atoms with Gasteiger partial charge < -0.3 is 14.0 Å². The Morgan fingerprint density at radius 1 is 1.32 bits per heavy atom. The molecule has 1 aromatic carbocycles. The number of fused-ring (bicyclic) bond motifs is 1. The lowest BCUT2D eigenvalue weighted by molar-refractivity contribution is -0.0454. The third kappa shape index (κ3) is 3.44. The number of nitrogens with zero attached hydrogens (tertiary/aromatic N) is 4. The molecule has 4 rings (SSSR count). The van der Waals surface area contributed by atoms with Crippen molar-refractivity contribution in [2.24, 2.45) is 0 Å². The summed E-state index contributed by atoms with van der Waals surface area (Å²) < 4.78 is 26.8. The van der Waals surface area contributed by atoms with Gasteiger partial charge >= 0.3 is 0 Å². The average Bonchev–Trinajstić information content (AvgIpc) is 3.23. The molecule has 6 nitrogen and oxygen atoms in total. The highest BCUT2D eigenvalue weighted by Crippen LogP contribution is 2.26. The topological polar surface area (TPSA) is 52.4 Å². The van der Waals surface area contributed by atoms with E-state index in [1.807, 2.05) is 6.07 Å². The highest BCUT2D eigenvalue weighted by molar-refractivity contribution is 5.20. The maximum absolute atomic E-state index is 13.4. The lowest BCUT2D eigenvalue weighted by atomic mass is 10.0. The number of benzene rings is 1. The van der Waals surface area contributed by atoms with Gasteiger partial charge in [0.25, 0.3) is 0 Å². The zero-order chi connectivity index (χ0) is 17.3. The van der Waals surface area contributed by atoms with Crippen LogP contribution in [0.25, 0.3) is 0 Å². The van der Waals surface area contributed by atoms with Crippen LogP contribution in [0.15, 0.2) is 24.3 Å². The Hall–Kier alpha value is -1.83. The van der Waals surface area contributed by atoms with E-state index in [4.69, 9.17) is 9.47 Å². The Morgan fingerprint density at radius 2 is 2.24 bits per heavy atom. The van der Waals surface area contributed by atoms with Crippen LogP contribution in [0.1, 0.15) is 23.6 Å². The maximum Gasteiger partial charge on any atom is 0.147 e. The van der Waals surface area contributed by atoms with E-state index in [1.54, 1.807) is 19.2 Å². The quantitative estimate of drug-likeness (QED) is 0.824. The van der Waals surface area contributed by atoms with Gasteiger partial charge in [-0.2, -0.15) is 0 Å². The van der Waals surface area contributed by atoms with E-state index >= 15 is 0 Å². The fraction of sp³-hybridized carbons (Fsp3) is 0.556. The van der Waals surface area contributed by atoms with Gasteiger partial charge in [-0.25, -0.2) is 4.39 Å². The zero-order valence-corrected chi connectivity index (χ0v) is 14.4. The van der Waals surface area contributed by atoms with Crippen molar-refractivity contribution in [1.82, 2.24) is 19.7 Å². The van der Waals surface area contributed by atoms with Gasteiger partial charge in [-0.1, -0.05) is 12.1 Å². The molecule has 2 aliphatic heterocycles. The van der Waals surface area contributed by atoms with Crippen molar-refractivity contribution in [3.63, 3.8) is 0 Å². The van der Waals surface area contributed by atoms with Gasteiger partial charge in [0.05, 0.1) is 13.2 Å². The summed E-state index contributed by atoms with van der Waals surface area (Å²) in [5.74, 6) is 1.64. The van der Waals surface area contributed by atoms with Crippen LogP contribution >= 0.6 is 0 Å². The Labute approximate surface area is 146 Å². The van der Waals surface area contributed by atoms with Crippen LogP contribution in [0.5, 0.6) is 0 Å². The first kappa shape index (κ1) is 16.6. The summed E-state index contributed by atoms with van der Waals surface area (Å²) in [5.41, 5.74) is 0.714. The van der Waals surface area contributed by atoms with Crippen molar-refractivity contribution in [1.29, 1.82) is 0 Å². The van der Waals surface area contributed by atoms with E-state index in [1.165, 1.54) is 6.07 Å². The monoisotopic (exact) mass is 346 g/mol. The van der Waals surface area contributed by atoms with E-state index in [0.29, 0.717) is 13.0 Å². The number of rotatable bonds is 5. The van der Waals surface area contributed by atoms with Crippen LogP contribution < -0.4 is 0 Å². The molecule has 1 atom stereocenters. The predicted molar refractivity (Wildman–Crippen MR) is 89.7 cm³/mol. The molecule has 0 amide bonds. The molecule has 0 N–H and O–H groups in total. The van der Waals surface area contributed by atoms with Crippen LogP contribution in [0.4, 0.5) is 4.39 Å². The minimum absolute atomic E-state index is 0.202. The summed E-state index contributed by atoms with van der Waals surface area (Å²) in [6.45, 7) is 4.77. The molecule has 2 aromatic rings. The van der Waals surface area contributed by atoms with E-state index < -0.39 is 0 Å². The van der Waals surface area contributed by atoms with Crippen LogP contribution in [-0.4, -0.2) is 58.7 Å². The lowest BCUT2D eigenvalue weighted by Crippen LogP contribution is -2.47. The fourth-order valence-electron chi connectivity index (χ4n) is 3.71. The zero-order valence-electron chi connectivity index (χ0n) is 14.4. The molecule has 25 heavy (non-hydrogen) atoms. The van der Waals surface area contributed by atoms with E-state index in [-0.39, 0.29) is 11.4 Å². The first-order valence-electron chi connectivity index (χ1n) is 8.68. The van der Waals surface area contributed by atoms with Gasteiger partial charge in [0.1, 0.15) is 23.1 Å². The molecular weight excluding hydrogens is 323 g/mol. The standard InChI is InChI=1S/C18H23FN4O2/c1-24-18(5-8-25-13-18)12-22-6-7-23-16(20-21-17(23)11-22)10-14-3-2-4-15(19)9-14/h2-4,9H,5-8,10-13H2,1H3. The molecule has 134 valence electrons. The number of methoxy groups -OCH3 is 1. The van der Waals surface area contributed by atoms with Crippen LogP contribution in [0, 0.1) is 5.82 Å². The first-order valence-corrected chi connectivity index (χ1v) is 8.68. The van der Waals surface area contributed by atoms with Crippen molar-refractivity contribution in [2.75, 3.05) is 33.4 Å². The number of aromatic nitrogens is 3. The SMILES string of the molecule is COC1(CN2CCn3c(Cc4cccc(F)c4)nnc3C2)CCOC1. The Bertz CT molecular complexity index is 742. The predicted octanol–water partition coefficient (Wildman–Crippen LogP) is 1.63. The Kier molecular flexibility index (Phi) is 4.54. The number of halogens is 1. The minimum atomic E-state index is -0.217. The van der Waals surface area contributed by atoms with Crippen molar-refractivity contribution < 1.29 is 13.9 Å². The van der Waals surface area contributed by atoms with Gasteiger partial charge in [-0.3, -0.25) is 4.90 Å². The summed E-state index contributed by atoms with van der Waals surface area (Å²) in [7, 11) is 1.76. The third-order valence-electron chi connectivity index (χ3n) is 5.17. The second-order valence-electron chi connectivity index (χ2n) is 6.89. The first-order chi connectivity index (χ1) is 12.2. The van der Waals surface area contributed by atoms with Gasteiger partial charge in [0.2, 0.25) is 0 Å². The lowest BCUT2D eigenvalue weighted by Gasteiger charge is -2.35. The highest BCUT2D eigenvalue weighted by atomic mass is 19.1. The Balaban J connectivity index is 1.45. The summed E-state index contributed by atoms with van der Waals surface area (Å²) in [4.78, 5) is 2.36. The molecular formula is C18H23FN4O2. The number of hydrogen-bond donors (Lipinski definition) is 0. The molecule has 0 aliphatic carbocycles. The van der Waals surface area contributed by atoms with E-state index in [9.17, 15) is 4.39 Å².